The lowest BCUT2D eigenvalue weighted by Crippen LogP contribution is -2.42. The summed E-state index contributed by atoms with van der Waals surface area (Å²) in [6, 6.07) is 21.2. The number of carbonyl (C=O) groups is 1. The van der Waals surface area contributed by atoms with E-state index in [-0.39, 0.29) is 24.0 Å². The lowest BCUT2D eigenvalue weighted by atomic mass is 9.98. The number of aromatic nitrogens is 2. The van der Waals surface area contributed by atoms with E-state index < -0.39 is 6.04 Å². The van der Waals surface area contributed by atoms with Crippen LogP contribution in [-0.4, -0.2) is 38.6 Å². The number of hydrogen-bond donors (Lipinski definition) is 2. The van der Waals surface area contributed by atoms with E-state index in [1.807, 2.05) is 44.2 Å². The number of benzene rings is 3. The number of nitrogens with two attached hydrogens (primary N) is 1. The van der Waals surface area contributed by atoms with Gasteiger partial charge in [-0.1, -0.05) is 67.9 Å². The smallest absolute Gasteiger partial charge is 0.261 e. The summed E-state index contributed by atoms with van der Waals surface area (Å²) in [5, 5.41) is 10.4. The van der Waals surface area contributed by atoms with E-state index in [2.05, 4.69) is 0 Å². The van der Waals surface area contributed by atoms with E-state index in [9.17, 15) is 14.7 Å². The summed E-state index contributed by atoms with van der Waals surface area (Å²) in [5.41, 5.74) is 8.34. The zero-order valence-corrected chi connectivity index (χ0v) is 22.4. The summed E-state index contributed by atoms with van der Waals surface area (Å²) >= 11 is 6.28. The Kier molecular flexibility index (Phi) is 8.94. The van der Waals surface area contributed by atoms with Gasteiger partial charge >= 0.3 is 0 Å². The molecule has 1 atom stereocenters. The lowest BCUT2D eigenvalue weighted by molar-refractivity contribution is 0.0602. The van der Waals surface area contributed by atoms with Gasteiger partial charge in [-0.2, -0.15) is 0 Å². The van der Waals surface area contributed by atoms with E-state index in [1.165, 1.54) is 0 Å². The van der Waals surface area contributed by atoms with E-state index in [4.69, 9.17) is 22.3 Å². The van der Waals surface area contributed by atoms with E-state index in [1.54, 1.807) is 51.9 Å². The highest BCUT2D eigenvalue weighted by Gasteiger charge is 2.32. The fourth-order valence-corrected chi connectivity index (χ4v) is 4.87. The molecule has 4 aromatic rings. The molecule has 3 N–H and O–H groups in total. The summed E-state index contributed by atoms with van der Waals surface area (Å²) in [6.07, 6.45) is 0.589. The number of hydrogen-bond acceptors (Lipinski definition) is 5. The van der Waals surface area contributed by atoms with Crippen molar-refractivity contribution >= 4 is 28.4 Å². The molecule has 0 unspecified atom stereocenters. The van der Waals surface area contributed by atoms with E-state index >= 15 is 0 Å². The minimum absolute atomic E-state index is 0.0704. The summed E-state index contributed by atoms with van der Waals surface area (Å²) in [5.74, 6) is 0.244. The lowest BCUT2D eigenvalue weighted by Gasteiger charge is -2.35. The second kappa shape index (κ2) is 12.3. The maximum atomic E-state index is 13.9. The normalized spacial score (nSPS) is 12.2. The summed E-state index contributed by atoms with van der Waals surface area (Å²) in [6.45, 7) is 5.06. The predicted octanol–water partition coefficient (Wildman–Crippen LogP) is 4.78. The molecule has 0 aliphatic rings. The van der Waals surface area contributed by atoms with Crippen LogP contribution in [0.15, 0.2) is 77.6 Å². The van der Waals surface area contributed by atoms with Crippen LogP contribution in [0.2, 0.25) is 5.02 Å². The molecule has 0 saturated heterocycles. The molecule has 38 heavy (non-hydrogen) atoms. The summed E-state index contributed by atoms with van der Waals surface area (Å²) in [7, 11) is 0. The van der Waals surface area contributed by atoms with Gasteiger partial charge in [0.25, 0.3) is 11.5 Å². The Labute approximate surface area is 227 Å². The number of rotatable bonds is 10. The molecule has 1 aromatic heterocycles. The van der Waals surface area contributed by atoms with Gasteiger partial charge in [-0.15, -0.1) is 0 Å². The molecule has 0 saturated carbocycles. The molecule has 1 heterocycles. The fourth-order valence-electron chi connectivity index (χ4n) is 4.70. The van der Waals surface area contributed by atoms with Crippen molar-refractivity contribution in [1.82, 2.24) is 14.5 Å². The number of amides is 1. The number of halogens is 1. The van der Waals surface area contributed by atoms with Gasteiger partial charge in [-0.3, -0.25) is 14.2 Å². The quantitative estimate of drug-likeness (QED) is 0.306. The maximum Gasteiger partial charge on any atom is 0.261 e. The Morgan fingerprint density at radius 2 is 1.76 bits per heavy atom. The molecule has 0 spiro atoms. The molecule has 0 fully saturated rings. The van der Waals surface area contributed by atoms with Gasteiger partial charge in [0.1, 0.15) is 5.82 Å². The van der Waals surface area contributed by atoms with Crippen LogP contribution in [0.3, 0.4) is 0 Å². The first-order valence-corrected chi connectivity index (χ1v) is 13.2. The Morgan fingerprint density at radius 1 is 1.05 bits per heavy atom. The van der Waals surface area contributed by atoms with Crippen LogP contribution in [0, 0.1) is 5.92 Å². The van der Waals surface area contributed by atoms with Gasteiger partial charge in [0.15, 0.2) is 0 Å². The highest BCUT2D eigenvalue weighted by Crippen LogP contribution is 2.31. The van der Waals surface area contributed by atoms with Crippen LogP contribution in [0.25, 0.3) is 10.9 Å². The molecular formula is C30H33ClN4O3. The number of aliphatic hydroxyl groups is 1. The number of nitrogens with zero attached hydrogens (tertiary/aromatic N) is 3. The Morgan fingerprint density at radius 3 is 2.39 bits per heavy atom. The average Bonchev–Trinajstić information content (AvgIpc) is 2.92. The zero-order chi connectivity index (χ0) is 27.2. The minimum Gasteiger partial charge on any atom is -0.392 e. The third kappa shape index (κ3) is 5.96. The van der Waals surface area contributed by atoms with Crippen LogP contribution < -0.4 is 11.3 Å². The van der Waals surface area contributed by atoms with Gasteiger partial charge in [0, 0.05) is 17.1 Å². The van der Waals surface area contributed by atoms with Crippen molar-refractivity contribution in [2.75, 3.05) is 13.1 Å². The number of carbonyl (C=O) groups excluding carboxylic acids is 1. The Hall–Kier alpha value is -3.52. The summed E-state index contributed by atoms with van der Waals surface area (Å²) < 4.78 is 1.67. The van der Waals surface area contributed by atoms with Crippen LogP contribution in [0.5, 0.6) is 0 Å². The summed E-state index contributed by atoms with van der Waals surface area (Å²) in [4.78, 5) is 34.5. The first-order chi connectivity index (χ1) is 18.3. The molecular weight excluding hydrogens is 500 g/mol. The largest absolute Gasteiger partial charge is 0.392 e. The highest BCUT2D eigenvalue weighted by atomic mass is 35.5. The Bertz CT molecular complexity index is 1450. The van der Waals surface area contributed by atoms with Crippen LogP contribution in [-0.2, 0) is 13.2 Å². The molecule has 8 heteroatoms. The molecule has 0 aliphatic carbocycles. The predicted molar refractivity (Wildman–Crippen MR) is 151 cm³/mol. The van der Waals surface area contributed by atoms with Crippen molar-refractivity contribution in [2.24, 2.45) is 11.7 Å². The van der Waals surface area contributed by atoms with Crippen molar-refractivity contribution in [3.63, 3.8) is 0 Å². The van der Waals surface area contributed by atoms with Gasteiger partial charge in [0.2, 0.25) is 0 Å². The van der Waals surface area contributed by atoms with Crippen molar-refractivity contribution in [3.8, 4) is 0 Å². The fraction of sp³-hybridized carbons (Fsp3) is 0.300. The van der Waals surface area contributed by atoms with Crippen LogP contribution in [0.1, 0.15) is 53.6 Å². The SMILES string of the molecule is CC(C)[C@H](c1nc2cc(Cl)ccc2c(=O)n1Cc1ccccc1)N(CCCN)C(=O)c1ccc(CO)cc1. The molecule has 3 aromatic carbocycles. The first kappa shape index (κ1) is 27.5. The van der Waals surface area contributed by atoms with Gasteiger partial charge in [-0.05, 0) is 60.3 Å². The first-order valence-electron chi connectivity index (χ1n) is 12.8. The second-order valence-corrected chi connectivity index (χ2v) is 10.1. The standard InChI is InChI=1S/C30H33ClN4O3/c1-20(2)27(34(16-6-15-32)29(37)23-11-9-22(19-36)10-12-23)28-33-26-17-24(31)13-14-25(26)30(38)35(28)18-21-7-4-3-5-8-21/h3-5,7-14,17,20,27,36H,6,15-16,18-19,32H2,1-2H3/t27-/m1/s1. The molecule has 4 rings (SSSR count). The average molecular weight is 533 g/mol. The van der Waals surface area contributed by atoms with Gasteiger partial charge in [-0.25, -0.2) is 4.98 Å². The topological polar surface area (TPSA) is 101 Å². The van der Waals surface area contributed by atoms with Gasteiger partial charge in [0.05, 0.1) is 30.1 Å². The van der Waals surface area contributed by atoms with E-state index in [0.717, 1.165) is 11.1 Å². The van der Waals surface area contributed by atoms with Gasteiger partial charge < -0.3 is 15.7 Å². The number of aliphatic hydroxyl groups excluding tert-OH is 1. The monoisotopic (exact) mass is 532 g/mol. The third-order valence-corrected chi connectivity index (χ3v) is 6.84. The molecule has 198 valence electrons. The molecule has 0 bridgehead atoms. The number of fused-ring (bicyclic) bond motifs is 1. The molecule has 0 aliphatic heterocycles. The third-order valence-electron chi connectivity index (χ3n) is 6.61. The molecule has 1 amide bonds. The van der Waals surface area contributed by atoms with Crippen molar-refractivity contribution in [2.45, 2.75) is 39.5 Å². The van der Waals surface area contributed by atoms with Crippen molar-refractivity contribution in [1.29, 1.82) is 0 Å². The van der Waals surface area contributed by atoms with Crippen LogP contribution in [0.4, 0.5) is 0 Å². The van der Waals surface area contributed by atoms with Crippen LogP contribution >= 0.6 is 11.6 Å². The van der Waals surface area contributed by atoms with E-state index in [0.29, 0.717) is 53.4 Å². The highest BCUT2D eigenvalue weighted by molar-refractivity contribution is 6.31. The maximum absolute atomic E-state index is 13.9. The minimum atomic E-state index is -0.508. The van der Waals surface area contributed by atoms with Crippen molar-refractivity contribution < 1.29 is 9.90 Å². The molecule has 0 radical (unpaired) electrons. The zero-order valence-electron chi connectivity index (χ0n) is 21.7. The second-order valence-electron chi connectivity index (χ2n) is 9.69. The molecule has 7 nitrogen and oxygen atoms in total. The Balaban J connectivity index is 1.91. The van der Waals surface area contributed by atoms with Crippen molar-refractivity contribution in [3.05, 3.63) is 111 Å².